The number of carboxylic acids is 1. The molecule has 0 saturated heterocycles. The van der Waals surface area contributed by atoms with E-state index in [1.54, 1.807) is 26.0 Å². The van der Waals surface area contributed by atoms with Crippen LogP contribution < -0.4 is 9.47 Å². The predicted molar refractivity (Wildman–Crippen MR) is 64.5 cm³/mol. The first-order chi connectivity index (χ1) is 7.97. The van der Waals surface area contributed by atoms with Crippen LogP contribution in [0.3, 0.4) is 0 Å². The highest BCUT2D eigenvalue weighted by Crippen LogP contribution is 2.28. The fourth-order valence-electron chi connectivity index (χ4n) is 1.16. The molecule has 0 aliphatic carbocycles. The Labute approximate surface area is 101 Å². The highest BCUT2D eigenvalue weighted by molar-refractivity contribution is 5.73. The first-order valence-electron chi connectivity index (χ1n) is 5.55. The summed E-state index contributed by atoms with van der Waals surface area (Å²) < 4.78 is 10.9. The van der Waals surface area contributed by atoms with Crippen LogP contribution in [0.2, 0.25) is 0 Å². The molecule has 0 unspecified atom stereocenters. The third-order valence-electron chi connectivity index (χ3n) is 2.32. The van der Waals surface area contributed by atoms with Crippen molar-refractivity contribution >= 4 is 5.97 Å². The Hall–Kier alpha value is -1.71. The molecular formula is C13H18O4. The van der Waals surface area contributed by atoms with Crippen molar-refractivity contribution in [2.75, 3.05) is 13.2 Å². The van der Waals surface area contributed by atoms with E-state index >= 15 is 0 Å². The van der Waals surface area contributed by atoms with E-state index in [4.69, 9.17) is 14.6 Å². The fraction of sp³-hybridized carbons (Fsp3) is 0.462. The van der Waals surface area contributed by atoms with Gasteiger partial charge < -0.3 is 14.6 Å². The molecule has 0 fully saturated rings. The summed E-state index contributed by atoms with van der Waals surface area (Å²) in [5.41, 5.74) is -0.917. The molecule has 1 rings (SSSR count). The molecule has 1 N–H and O–H groups in total. The van der Waals surface area contributed by atoms with Crippen molar-refractivity contribution in [2.24, 2.45) is 5.41 Å². The molecule has 94 valence electrons. The molecule has 4 nitrogen and oxygen atoms in total. The lowest BCUT2D eigenvalue weighted by molar-refractivity contribution is -0.148. The topological polar surface area (TPSA) is 55.8 Å². The van der Waals surface area contributed by atoms with Crippen molar-refractivity contribution in [2.45, 2.75) is 20.8 Å². The van der Waals surface area contributed by atoms with Crippen LogP contribution in [0.15, 0.2) is 24.3 Å². The van der Waals surface area contributed by atoms with E-state index in [-0.39, 0.29) is 6.61 Å². The molecule has 0 aliphatic rings. The third-order valence-corrected chi connectivity index (χ3v) is 2.32. The van der Waals surface area contributed by atoms with Gasteiger partial charge in [-0.1, -0.05) is 12.1 Å². The van der Waals surface area contributed by atoms with Crippen LogP contribution in [0, 0.1) is 5.41 Å². The summed E-state index contributed by atoms with van der Waals surface area (Å²) in [5.74, 6) is 0.325. The van der Waals surface area contributed by atoms with E-state index in [1.807, 2.05) is 19.1 Å². The number of para-hydroxylation sites is 2. The van der Waals surface area contributed by atoms with Crippen molar-refractivity contribution in [3.8, 4) is 11.5 Å². The molecule has 0 amide bonds. The Morgan fingerprint density at radius 1 is 1.24 bits per heavy atom. The number of ether oxygens (including phenoxy) is 2. The van der Waals surface area contributed by atoms with Gasteiger partial charge in [0.2, 0.25) is 0 Å². The SMILES string of the molecule is CCOc1ccccc1OCC(C)(C)C(=O)O. The summed E-state index contributed by atoms with van der Waals surface area (Å²) in [6.07, 6.45) is 0. The predicted octanol–water partition coefficient (Wildman–Crippen LogP) is 2.57. The van der Waals surface area contributed by atoms with Gasteiger partial charge in [0.1, 0.15) is 6.61 Å². The Kier molecular flexibility index (Phi) is 4.37. The molecule has 0 aliphatic heterocycles. The van der Waals surface area contributed by atoms with Crippen molar-refractivity contribution in [1.29, 1.82) is 0 Å². The second-order valence-electron chi connectivity index (χ2n) is 4.36. The molecule has 0 aromatic heterocycles. The van der Waals surface area contributed by atoms with Crippen LogP contribution in [0.5, 0.6) is 11.5 Å². The Bertz CT molecular complexity index is 385. The molecular weight excluding hydrogens is 220 g/mol. The first kappa shape index (κ1) is 13.4. The highest BCUT2D eigenvalue weighted by atomic mass is 16.5. The second kappa shape index (κ2) is 5.57. The minimum absolute atomic E-state index is 0.104. The summed E-state index contributed by atoms with van der Waals surface area (Å²) in [4.78, 5) is 10.9. The van der Waals surface area contributed by atoms with Gasteiger partial charge >= 0.3 is 5.97 Å². The van der Waals surface area contributed by atoms with E-state index in [1.165, 1.54) is 0 Å². The van der Waals surface area contributed by atoms with E-state index in [0.29, 0.717) is 18.1 Å². The lowest BCUT2D eigenvalue weighted by Crippen LogP contribution is -2.30. The second-order valence-corrected chi connectivity index (χ2v) is 4.36. The summed E-state index contributed by atoms with van der Waals surface area (Å²) in [6.45, 7) is 5.78. The fourth-order valence-corrected chi connectivity index (χ4v) is 1.16. The van der Waals surface area contributed by atoms with Crippen LogP contribution in [0.4, 0.5) is 0 Å². The first-order valence-corrected chi connectivity index (χ1v) is 5.55. The summed E-state index contributed by atoms with van der Waals surface area (Å²) in [6, 6.07) is 7.24. The average Bonchev–Trinajstić information content (AvgIpc) is 2.28. The molecule has 1 aromatic carbocycles. The molecule has 0 heterocycles. The summed E-state index contributed by atoms with van der Waals surface area (Å²) >= 11 is 0. The molecule has 1 aromatic rings. The van der Waals surface area contributed by atoms with Gasteiger partial charge in [-0.25, -0.2) is 0 Å². The summed E-state index contributed by atoms with van der Waals surface area (Å²) in [5, 5.41) is 8.98. The number of carbonyl (C=O) groups is 1. The van der Waals surface area contributed by atoms with Gasteiger partial charge in [-0.3, -0.25) is 4.79 Å². The number of rotatable bonds is 6. The lowest BCUT2D eigenvalue weighted by Gasteiger charge is -2.20. The van der Waals surface area contributed by atoms with E-state index in [2.05, 4.69) is 0 Å². The van der Waals surface area contributed by atoms with Gasteiger partial charge in [0.15, 0.2) is 11.5 Å². The minimum Gasteiger partial charge on any atom is -0.490 e. The van der Waals surface area contributed by atoms with Crippen LogP contribution in [-0.2, 0) is 4.79 Å². The maximum atomic E-state index is 10.9. The van der Waals surface area contributed by atoms with Crippen molar-refractivity contribution in [3.05, 3.63) is 24.3 Å². The number of hydrogen-bond donors (Lipinski definition) is 1. The van der Waals surface area contributed by atoms with Crippen molar-refractivity contribution in [1.82, 2.24) is 0 Å². The number of carboxylic acid groups (broad SMARTS) is 1. The van der Waals surface area contributed by atoms with E-state index in [9.17, 15) is 4.79 Å². The molecule has 0 spiro atoms. The maximum Gasteiger partial charge on any atom is 0.312 e. The number of benzene rings is 1. The molecule has 0 radical (unpaired) electrons. The van der Waals surface area contributed by atoms with Crippen LogP contribution in [0.1, 0.15) is 20.8 Å². The lowest BCUT2D eigenvalue weighted by atomic mass is 9.95. The zero-order chi connectivity index (χ0) is 12.9. The van der Waals surface area contributed by atoms with Gasteiger partial charge in [-0.2, -0.15) is 0 Å². The van der Waals surface area contributed by atoms with Crippen molar-refractivity contribution < 1.29 is 19.4 Å². The van der Waals surface area contributed by atoms with Crippen LogP contribution in [-0.4, -0.2) is 24.3 Å². The zero-order valence-corrected chi connectivity index (χ0v) is 10.4. The van der Waals surface area contributed by atoms with Crippen LogP contribution in [0.25, 0.3) is 0 Å². The minimum atomic E-state index is -0.917. The van der Waals surface area contributed by atoms with Gasteiger partial charge in [-0.15, -0.1) is 0 Å². The monoisotopic (exact) mass is 238 g/mol. The molecule has 0 saturated carbocycles. The molecule has 4 heteroatoms. The largest absolute Gasteiger partial charge is 0.490 e. The van der Waals surface area contributed by atoms with E-state index in [0.717, 1.165) is 0 Å². The number of aliphatic carboxylic acids is 1. The van der Waals surface area contributed by atoms with Gasteiger partial charge in [0.05, 0.1) is 12.0 Å². The van der Waals surface area contributed by atoms with Gasteiger partial charge in [0, 0.05) is 0 Å². The zero-order valence-electron chi connectivity index (χ0n) is 10.4. The third kappa shape index (κ3) is 3.66. The average molecular weight is 238 g/mol. The Morgan fingerprint density at radius 2 is 1.76 bits per heavy atom. The standard InChI is InChI=1S/C13H18O4/c1-4-16-10-7-5-6-8-11(10)17-9-13(2,3)12(14)15/h5-8H,4,9H2,1-3H3,(H,14,15). The normalized spacial score (nSPS) is 11.0. The van der Waals surface area contributed by atoms with Gasteiger partial charge in [-0.05, 0) is 32.9 Å². The van der Waals surface area contributed by atoms with E-state index < -0.39 is 11.4 Å². The molecule has 17 heavy (non-hydrogen) atoms. The number of hydrogen-bond acceptors (Lipinski definition) is 3. The van der Waals surface area contributed by atoms with Crippen LogP contribution >= 0.6 is 0 Å². The highest BCUT2D eigenvalue weighted by Gasteiger charge is 2.28. The molecule has 0 bridgehead atoms. The Morgan fingerprint density at radius 3 is 2.24 bits per heavy atom. The van der Waals surface area contributed by atoms with Crippen molar-refractivity contribution in [3.63, 3.8) is 0 Å². The maximum absolute atomic E-state index is 10.9. The molecule has 0 atom stereocenters. The summed E-state index contributed by atoms with van der Waals surface area (Å²) in [7, 11) is 0. The smallest absolute Gasteiger partial charge is 0.312 e. The van der Waals surface area contributed by atoms with Gasteiger partial charge in [0.25, 0.3) is 0 Å². The Balaban J connectivity index is 2.72. The quantitative estimate of drug-likeness (QED) is 0.827.